The molecule has 0 bridgehead atoms. The van der Waals surface area contributed by atoms with E-state index in [2.05, 4.69) is 0 Å². The Labute approximate surface area is 60.0 Å². The van der Waals surface area contributed by atoms with Gasteiger partial charge in [-0.25, -0.2) is 0 Å². The molecule has 0 aromatic carbocycles. The zero-order chi connectivity index (χ0) is 6.15. The number of rotatable bonds is 0. The zero-order valence-corrected chi connectivity index (χ0v) is 5.98. The maximum atomic E-state index is 10.4. The summed E-state index contributed by atoms with van der Waals surface area (Å²) in [6, 6.07) is -0.370. The number of ether oxygens (including phenoxy) is 1. The van der Waals surface area contributed by atoms with Crippen LogP contribution in [-0.2, 0) is 9.53 Å². The number of esters is 1. The van der Waals surface area contributed by atoms with Gasteiger partial charge >= 0.3 is 5.97 Å². The lowest BCUT2D eigenvalue weighted by atomic mass is 10.2. The van der Waals surface area contributed by atoms with Crippen molar-refractivity contribution in [2.24, 2.45) is 5.73 Å². The quantitative estimate of drug-likeness (QED) is 0.499. The van der Waals surface area contributed by atoms with Gasteiger partial charge in [0, 0.05) is 6.42 Å². The summed E-state index contributed by atoms with van der Waals surface area (Å²) in [5, 5.41) is 0. The molecule has 3 nitrogen and oxygen atoms in total. The fourth-order valence-electron chi connectivity index (χ4n) is 0.788. The smallest absolute Gasteiger partial charge is 0.323 e. The minimum Gasteiger partial charge on any atom is -0.461 e. The first-order chi connectivity index (χ1) is 3.70. The predicted octanol–water partition coefficient (Wildman–Crippen LogP) is 0.0709. The summed E-state index contributed by atoms with van der Waals surface area (Å²) >= 11 is 0. The fraction of sp³-hybridized carbons (Fsp3) is 0.800. The van der Waals surface area contributed by atoms with Crippen molar-refractivity contribution >= 4 is 18.4 Å². The molecule has 54 valence electrons. The Balaban J connectivity index is 0.000000640. The lowest BCUT2D eigenvalue weighted by Crippen LogP contribution is -2.24. The third kappa shape index (κ3) is 1.84. The van der Waals surface area contributed by atoms with E-state index in [1.165, 1.54) is 0 Å². The maximum absolute atomic E-state index is 10.4. The SMILES string of the molecule is C[C@@H]1C[C@@H](N)C(=O)O1.Cl. The lowest BCUT2D eigenvalue weighted by Gasteiger charge is -1.95. The van der Waals surface area contributed by atoms with Gasteiger partial charge < -0.3 is 10.5 Å². The van der Waals surface area contributed by atoms with Gasteiger partial charge in [0.15, 0.2) is 0 Å². The number of hydrogen-bond acceptors (Lipinski definition) is 3. The topological polar surface area (TPSA) is 52.3 Å². The number of hydrogen-bond donors (Lipinski definition) is 1. The third-order valence-corrected chi connectivity index (χ3v) is 1.21. The molecule has 1 aliphatic heterocycles. The Kier molecular flexibility index (Phi) is 2.94. The Bertz CT molecular complexity index is 118. The average Bonchev–Trinajstić information content (AvgIpc) is 1.85. The summed E-state index contributed by atoms with van der Waals surface area (Å²) in [6.45, 7) is 1.84. The van der Waals surface area contributed by atoms with Gasteiger partial charge in [0.05, 0.1) is 0 Å². The van der Waals surface area contributed by atoms with Crippen LogP contribution in [0.4, 0.5) is 0 Å². The molecule has 0 aliphatic carbocycles. The van der Waals surface area contributed by atoms with Crippen LogP contribution in [0.2, 0.25) is 0 Å². The van der Waals surface area contributed by atoms with Gasteiger partial charge in [-0.1, -0.05) is 0 Å². The fourth-order valence-corrected chi connectivity index (χ4v) is 0.788. The van der Waals surface area contributed by atoms with Gasteiger partial charge in [0.1, 0.15) is 12.1 Å². The molecular weight excluding hydrogens is 142 g/mol. The molecule has 1 rings (SSSR count). The Morgan fingerprint density at radius 3 is 2.44 bits per heavy atom. The molecule has 2 N–H and O–H groups in total. The summed E-state index contributed by atoms with van der Waals surface area (Å²) in [5.74, 6) is -0.266. The normalized spacial score (nSPS) is 33.3. The monoisotopic (exact) mass is 151 g/mol. The third-order valence-electron chi connectivity index (χ3n) is 1.21. The summed E-state index contributed by atoms with van der Waals surface area (Å²) in [4.78, 5) is 10.4. The highest BCUT2D eigenvalue weighted by molar-refractivity contribution is 5.85. The number of halogens is 1. The van der Waals surface area contributed by atoms with Gasteiger partial charge in [0.25, 0.3) is 0 Å². The highest BCUT2D eigenvalue weighted by Gasteiger charge is 2.27. The molecule has 0 aromatic heterocycles. The first-order valence-corrected chi connectivity index (χ1v) is 2.66. The zero-order valence-electron chi connectivity index (χ0n) is 5.16. The van der Waals surface area contributed by atoms with Crippen molar-refractivity contribution in [3.8, 4) is 0 Å². The molecule has 0 spiro atoms. The second-order valence-electron chi connectivity index (χ2n) is 2.09. The molecule has 4 heteroatoms. The van der Waals surface area contributed by atoms with Crippen LogP contribution in [0, 0.1) is 0 Å². The molecule has 1 saturated heterocycles. The average molecular weight is 152 g/mol. The van der Waals surface area contributed by atoms with Crippen molar-refractivity contribution in [3.05, 3.63) is 0 Å². The van der Waals surface area contributed by atoms with Crippen LogP contribution in [0.25, 0.3) is 0 Å². The van der Waals surface area contributed by atoms with E-state index in [-0.39, 0.29) is 30.5 Å². The first-order valence-electron chi connectivity index (χ1n) is 2.66. The second-order valence-corrected chi connectivity index (χ2v) is 2.09. The Morgan fingerprint density at radius 2 is 2.33 bits per heavy atom. The number of cyclic esters (lactones) is 1. The van der Waals surface area contributed by atoms with Crippen molar-refractivity contribution in [3.63, 3.8) is 0 Å². The van der Waals surface area contributed by atoms with Gasteiger partial charge in [-0.3, -0.25) is 4.79 Å². The molecular formula is C5H10ClNO2. The first kappa shape index (κ1) is 8.72. The van der Waals surface area contributed by atoms with E-state index in [1.54, 1.807) is 0 Å². The standard InChI is InChI=1S/C5H9NO2.ClH/c1-3-2-4(6)5(7)8-3;/h3-4H,2,6H2,1H3;1H/t3-,4-;/m1./s1. The molecule has 0 radical (unpaired) electrons. The summed E-state index contributed by atoms with van der Waals surface area (Å²) in [7, 11) is 0. The molecule has 0 unspecified atom stereocenters. The molecule has 9 heavy (non-hydrogen) atoms. The van der Waals surface area contributed by atoms with Crippen LogP contribution < -0.4 is 5.73 Å². The molecule has 0 saturated carbocycles. The van der Waals surface area contributed by atoms with Crippen molar-refractivity contribution < 1.29 is 9.53 Å². The van der Waals surface area contributed by atoms with Crippen LogP contribution in [0.15, 0.2) is 0 Å². The lowest BCUT2D eigenvalue weighted by molar-refractivity contribution is -0.141. The van der Waals surface area contributed by atoms with Crippen molar-refractivity contribution in [2.45, 2.75) is 25.5 Å². The van der Waals surface area contributed by atoms with Crippen LogP contribution in [0.5, 0.6) is 0 Å². The van der Waals surface area contributed by atoms with E-state index < -0.39 is 0 Å². The van der Waals surface area contributed by atoms with E-state index in [1.807, 2.05) is 6.92 Å². The molecule has 1 heterocycles. The van der Waals surface area contributed by atoms with Crippen molar-refractivity contribution in [1.29, 1.82) is 0 Å². The molecule has 1 aliphatic rings. The van der Waals surface area contributed by atoms with Crippen molar-refractivity contribution in [2.75, 3.05) is 0 Å². The Morgan fingerprint density at radius 1 is 1.78 bits per heavy atom. The molecule has 0 amide bonds. The van der Waals surface area contributed by atoms with E-state index in [0.717, 1.165) is 0 Å². The highest BCUT2D eigenvalue weighted by Crippen LogP contribution is 2.10. The van der Waals surface area contributed by atoms with E-state index in [0.29, 0.717) is 6.42 Å². The van der Waals surface area contributed by atoms with Crippen LogP contribution >= 0.6 is 12.4 Å². The summed E-state index contributed by atoms with van der Waals surface area (Å²) in [6.07, 6.45) is 0.691. The largest absolute Gasteiger partial charge is 0.461 e. The number of carbonyl (C=O) groups is 1. The summed E-state index contributed by atoms with van der Waals surface area (Å²) in [5.41, 5.74) is 5.29. The second kappa shape index (κ2) is 3.03. The van der Waals surface area contributed by atoms with Crippen LogP contribution in [0.3, 0.4) is 0 Å². The Hall–Kier alpha value is -0.280. The summed E-state index contributed by atoms with van der Waals surface area (Å²) < 4.78 is 4.71. The number of nitrogens with two attached hydrogens (primary N) is 1. The van der Waals surface area contributed by atoms with E-state index in [9.17, 15) is 4.79 Å². The van der Waals surface area contributed by atoms with E-state index in [4.69, 9.17) is 10.5 Å². The predicted molar refractivity (Wildman–Crippen MR) is 35.4 cm³/mol. The van der Waals surface area contributed by atoms with Gasteiger partial charge in [0.2, 0.25) is 0 Å². The van der Waals surface area contributed by atoms with E-state index >= 15 is 0 Å². The van der Waals surface area contributed by atoms with Gasteiger partial charge in [-0.2, -0.15) is 0 Å². The van der Waals surface area contributed by atoms with Crippen LogP contribution in [0.1, 0.15) is 13.3 Å². The van der Waals surface area contributed by atoms with Gasteiger partial charge in [-0.05, 0) is 6.92 Å². The minimum absolute atomic E-state index is 0. The van der Waals surface area contributed by atoms with Crippen molar-refractivity contribution in [1.82, 2.24) is 0 Å². The van der Waals surface area contributed by atoms with Gasteiger partial charge in [-0.15, -0.1) is 12.4 Å². The molecule has 2 atom stereocenters. The molecule has 0 aromatic rings. The van der Waals surface area contributed by atoms with Crippen LogP contribution in [-0.4, -0.2) is 18.1 Å². The maximum Gasteiger partial charge on any atom is 0.323 e. The number of carbonyl (C=O) groups excluding carboxylic acids is 1. The minimum atomic E-state index is -0.370. The highest BCUT2D eigenvalue weighted by atomic mass is 35.5. The molecule has 1 fully saturated rings.